The van der Waals surface area contributed by atoms with Crippen LogP contribution in [-0.4, -0.2) is 15.1 Å². The number of aliphatic hydroxyl groups excluding tert-OH is 1. The number of benzene rings is 1. The molecule has 0 atom stereocenters. The van der Waals surface area contributed by atoms with E-state index >= 15 is 0 Å². The lowest BCUT2D eigenvalue weighted by Gasteiger charge is -1.97. The van der Waals surface area contributed by atoms with Crippen LogP contribution in [0.5, 0.6) is 0 Å². The van der Waals surface area contributed by atoms with Gasteiger partial charge in [0.2, 0.25) is 0 Å². The molecule has 2 N–H and O–H groups in total. The number of hydrogen-bond donors (Lipinski definition) is 2. The number of nitrogens with one attached hydrogen (secondary N) is 1. The average Bonchev–Trinajstić information content (AvgIpc) is 2.72. The number of aromatic amines is 1. The largest absolute Gasteiger partial charge is 0.507 e. The molecule has 14 heavy (non-hydrogen) atoms. The summed E-state index contributed by atoms with van der Waals surface area (Å²) in [5.41, 5.74) is 0.781. The Labute approximate surface area is 81.8 Å². The Bertz CT molecular complexity index is 418. The molecule has 1 heterocycles. The zero-order valence-electron chi connectivity index (χ0n) is 7.51. The molecule has 2 aromatic rings. The first-order valence-electron chi connectivity index (χ1n) is 4.32. The van der Waals surface area contributed by atoms with Gasteiger partial charge in [0.1, 0.15) is 11.6 Å². The quantitative estimate of drug-likeness (QED) is 0.708. The molecule has 1 aromatic carbocycles. The molecule has 0 aliphatic carbocycles. The molecule has 70 valence electrons. The van der Waals surface area contributed by atoms with Crippen molar-refractivity contribution in [2.24, 2.45) is 0 Å². The van der Waals surface area contributed by atoms with Crippen molar-refractivity contribution in [3.8, 4) is 0 Å². The summed E-state index contributed by atoms with van der Waals surface area (Å²) in [7, 11) is 0. The second-order valence-corrected chi connectivity index (χ2v) is 2.87. The van der Waals surface area contributed by atoms with Crippen molar-refractivity contribution < 1.29 is 5.11 Å². The molecule has 1 aromatic heterocycles. The van der Waals surface area contributed by atoms with E-state index in [9.17, 15) is 5.11 Å². The van der Waals surface area contributed by atoms with Crippen LogP contribution >= 0.6 is 0 Å². The van der Waals surface area contributed by atoms with Crippen LogP contribution in [0.2, 0.25) is 0 Å². The fourth-order valence-corrected chi connectivity index (χ4v) is 1.18. The highest BCUT2D eigenvalue weighted by Crippen LogP contribution is 2.12. The van der Waals surface area contributed by atoms with Crippen molar-refractivity contribution in [3.63, 3.8) is 0 Å². The van der Waals surface area contributed by atoms with Gasteiger partial charge in [-0.3, -0.25) is 0 Å². The molecule has 0 saturated heterocycles. The van der Waals surface area contributed by atoms with Crippen LogP contribution in [0.3, 0.4) is 0 Å². The van der Waals surface area contributed by atoms with E-state index in [1.807, 2.05) is 30.3 Å². The third kappa shape index (κ3) is 1.82. The van der Waals surface area contributed by atoms with E-state index in [1.54, 1.807) is 18.5 Å². The fourth-order valence-electron chi connectivity index (χ4n) is 1.18. The number of nitrogens with zero attached hydrogens (tertiary/aromatic N) is 1. The van der Waals surface area contributed by atoms with Gasteiger partial charge in [-0.15, -0.1) is 0 Å². The molecule has 0 aliphatic heterocycles. The van der Waals surface area contributed by atoms with Crippen LogP contribution in [-0.2, 0) is 0 Å². The monoisotopic (exact) mass is 186 g/mol. The molecule has 0 spiro atoms. The molecule has 0 fully saturated rings. The lowest BCUT2D eigenvalue weighted by molar-refractivity contribution is 0.515. The number of rotatable bonds is 2. The second kappa shape index (κ2) is 3.79. The third-order valence-corrected chi connectivity index (χ3v) is 1.86. The Morgan fingerprint density at radius 3 is 2.71 bits per heavy atom. The summed E-state index contributed by atoms with van der Waals surface area (Å²) in [6.07, 6.45) is 4.95. The highest BCUT2D eigenvalue weighted by molar-refractivity contribution is 5.73. The summed E-state index contributed by atoms with van der Waals surface area (Å²) < 4.78 is 0. The van der Waals surface area contributed by atoms with E-state index in [4.69, 9.17) is 0 Å². The summed E-state index contributed by atoms with van der Waals surface area (Å²) in [6, 6.07) is 9.34. The van der Waals surface area contributed by atoms with Crippen molar-refractivity contribution in [1.82, 2.24) is 9.97 Å². The molecule has 3 heteroatoms. The zero-order valence-corrected chi connectivity index (χ0v) is 7.51. The SMILES string of the molecule is O/C(=C\c1ncc[nH]1)c1ccccc1. The summed E-state index contributed by atoms with van der Waals surface area (Å²) in [5.74, 6) is 0.854. The molecule has 3 nitrogen and oxygen atoms in total. The average molecular weight is 186 g/mol. The van der Waals surface area contributed by atoms with E-state index in [1.165, 1.54) is 0 Å². The summed E-state index contributed by atoms with van der Waals surface area (Å²) in [5, 5.41) is 9.69. The molecule has 0 bridgehead atoms. The first-order chi connectivity index (χ1) is 6.86. The van der Waals surface area contributed by atoms with E-state index < -0.39 is 0 Å². The van der Waals surface area contributed by atoms with Gasteiger partial charge in [0.05, 0.1) is 0 Å². The number of H-pyrrole nitrogens is 1. The zero-order chi connectivity index (χ0) is 9.80. The summed E-state index contributed by atoms with van der Waals surface area (Å²) in [6.45, 7) is 0. The van der Waals surface area contributed by atoms with Gasteiger partial charge in [-0.1, -0.05) is 30.3 Å². The van der Waals surface area contributed by atoms with E-state index in [0.29, 0.717) is 5.82 Å². The predicted molar refractivity (Wildman–Crippen MR) is 55.5 cm³/mol. The minimum atomic E-state index is 0.209. The Morgan fingerprint density at radius 1 is 1.29 bits per heavy atom. The first kappa shape index (κ1) is 8.56. The normalized spacial score (nSPS) is 11.6. The molecular weight excluding hydrogens is 176 g/mol. The van der Waals surface area contributed by atoms with Gasteiger partial charge >= 0.3 is 0 Å². The molecule has 0 unspecified atom stereocenters. The number of aliphatic hydroxyl groups is 1. The highest BCUT2D eigenvalue weighted by atomic mass is 16.3. The molecule has 0 radical (unpaired) electrons. The van der Waals surface area contributed by atoms with Crippen LogP contribution in [0.1, 0.15) is 11.4 Å². The lowest BCUT2D eigenvalue weighted by Crippen LogP contribution is -1.83. The third-order valence-electron chi connectivity index (χ3n) is 1.86. The van der Waals surface area contributed by atoms with Crippen LogP contribution < -0.4 is 0 Å². The molecular formula is C11H10N2O. The Balaban J connectivity index is 2.29. The van der Waals surface area contributed by atoms with Gasteiger partial charge in [-0.2, -0.15) is 0 Å². The van der Waals surface area contributed by atoms with Gasteiger partial charge in [0, 0.05) is 24.0 Å². The van der Waals surface area contributed by atoms with Gasteiger partial charge in [-0.05, 0) is 0 Å². The molecule has 0 aliphatic rings. The summed E-state index contributed by atoms with van der Waals surface area (Å²) >= 11 is 0. The molecule has 0 amide bonds. The van der Waals surface area contributed by atoms with E-state index in [0.717, 1.165) is 5.56 Å². The van der Waals surface area contributed by atoms with Crippen LogP contribution in [0, 0.1) is 0 Å². The highest BCUT2D eigenvalue weighted by Gasteiger charge is 1.98. The van der Waals surface area contributed by atoms with Gasteiger partial charge in [-0.25, -0.2) is 4.98 Å². The van der Waals surface area contributed by atoms with Crippen molar-refractivity contribution in [2.45, 2.75) is 0 Å². The second-order valence-electron chi connectivity index (χ2n) is 2.87. The maximum Gasteiger partial charge on any atom is 0.133 e. The number of aromatic nitrogens is 2. The summed E-state index contributed by atoms with van der Waals surface area (Å²) in [4.78, 5) is 6.88. The van der Waals surface area contributed by atoms with Crippen LogP contribution in [0.15, 0.2) is 42.7 Å². The number of imidazole rings is 1. The van der Waals surface area contributed by atoms with Crippen molar-refractivity contribution in [1.29, 1.82) is 0 Å². The standard InChI is InChI=1S/C11H10N2O/c14-10(8-11-12-6-7-13-11)9-4-2-1-3-5-9/h1-8,14H,(H,12,13)/b10-8-. The van der Waals surface area contributed by atoms with E-state index in [-0.39, 0.29) is 5.76 Å². The Kier molecular flexibility index (Phi) is 2.32. The lowest BCUT2D eigenvalue weighted by atomic mass is 10.2. The maximum atomic E-state index is 9.69. The van der Waals surface area contributed by atoms with Crippen molar-refractivity contribution >= 4 is 11.8 Å². The minimum absolute atomic E-state index is 0.209. The van der Waals surface area contributed by atoms with Crippen LogP contribution in [0.25, 0.3) is 11.8 Å². The van der Waals surface area contributed by atoms with Gasteiger partial charge in [0.15, 0.2) is 0 Å². The molecule has 2 rings (SSSR count). The van der Waals surface area contributed by atoms with Gasteiger partial charge < -0.3 is 10.1 Å². The van der Waals surface area contributed by atoms with Gasteiger partial charge in [0.25, 0.3) is 0 Å². The molecule has 0 saturated carbocycles. The maximum absolute atomic E-state index is 9.69. The topological polar surface area (TPSA) is 48.9 Å². The smallest absolute Gasteiger partial charge is 0.133 e. The van der Waals surface area contributed by atoms with Crippen LogP contribution in [0.4, 0.5) is 0 Å². The first-order valence-corrected chi connectivity index (χ1v) is 4.32. The van der Waals surface area contributed by atoms with Crippen molar-refractivity contribution in [2.75, 3.05) is 0 Å². The predicted octanol–water partition coefficient (Wildman–Crippen LogP) is 2.47. The fraction of sp³-hybridized carbons (Fsp3) is 0. The Hall–Kier alpha value is -2.03. The number of hydrogen-bond acceptors (Lipinski definition) is 2. The Morgan fingerprint density at radius 2 is 2.07 bits per heavy atom. The van der Waals surface area contributed by atoms with E-state index in [2.05, 4.69) is 9.97 Å². The van der Waals surface area contributed by atoms with Crippen molar-refractivity contribution in [3.05, 3.63) is 54.1 Å². The minimum Gasteiger partial charge on any atom is -0.507 e.